The summed E-state index contributed by atoms with van der Waals surface area (Å²) in [7, 11) is 0. The van der Waals surface area contributed by atoms with Crippen LogP contribution < -0.4 is 0 Å². The van der Waals surface area contributed by atoms with E-state index in [1.165, 1.54) is 19.4 Å². The minimum atomic E-state index is -3.62. The van der Waals surface area contributed by atoms with E-state index in [4.69, 9.17) is 33.2 Å². The summed E-state index contributed by atoms with van der Waals surface area (Å²) in [6.07, 6.45) is 5.92. The number of fused-ring (bicyclic) bond motifs is 2. The van der Waals surface area contributed by atoms with Crippen LogP contribution in [0.3, 0.4) is 0 Å². The van der Waals surface area contributed by atoms with Crippen LogP contribution in [0.5, 0.6) is 0 Å². The summed E-state index contributed by atoms with van der Waals surface area (Å²) < 4.78 is 3.62. The van der Waals surface area contributed by atoms with Gasteiger partial charge in [-0.05, 0) is 0 Å². The molecule has 180 valence electrons. The molecule has 2 aromatic rings. The molecule has 0 spiro atoms. The Bertz CT molecular complexity index is 1080. The van der Waals surface area contributed by atoms with Crippen molar-refractivity contribution in [3.8, 4) is 0 Å². The third-order valence-electron chi connectivity index (χ3n) is 8.04. The van der Waals surface area contributed by atoms with E-state index < -0.39 is 23.4 Å². The number of rotatable bonds is 7. The van der Waals surface area contributed by atoms with Crippen LogP contribution in [0.1, 0.15) is 56.7 Å². The molecule has 2 aliphatic rings. The maximum absolute atomic E-state index is 6.36. The Morgan fingerprint density at radius 2 is 1.24 bits per heavy atom. The Morgan fingerprint density at radius 1 is 0.818 bits per heavy atom. The summed E-state index contributed by atoms with van der Waals surface area (Å²) in [5.41, 5.74) is 9.01. The van der Waals surface area contributed by atoms with Crippen LogP contribution in [0.25, 0.3) is 12.2 Å². The van der Waals surface area contributed by atoms with E-state index in [0.29, 0.717) is 7.25 Å². The van der Waals surface area contributed by atoms with Gasteiger partial charge in [-0.1, -0.05) is 0 Å². The smallest absolute Gasteiger partial charge is 0.147 e. The molecule has 0 fully saturated rings. The molecule has 4 rings (SSSR count). The predicted octanol–water partition coefficient (Wildman–Crippen LogP) is 9.29. The molecule has 2 atom stereocenters. The minimum absolute atomic E-state index is 0. The average molecular weight is 658 g/mol. The van der Waals surface area contributed by atoms with Crippen LogP contribution in [-0.4, -0.2) is 12.9 Å². The van der Waals surface area contributed by atoms with Crippen LogP contribution in [0, 0.1) is 0 Å². The summed E-state index contributed by atoms with van der Waals surface area (Å²) in [4.78, 5) is 0. The Labute approximate surface area is 229 Å². The number of allylic oxidation sites excluding steroid dienone is 2. The van der Waals surface area contributed by atoms with E-state index in [1.807, 2.05) is 0 Å². The first-order chi connectivity index (χ1) is 14.6. The number of benzene rings is 2. The van der Waals surface area contributed by atoms with Crippen molar-refractivity contribution < 1.29 is 17.4 Å². The molecule has 0 N–H and O–H groups in total. The minimum Gasteiger partial charge on any atom is -0.147 e. The predicted molar refractivity (Wildman–Crippen MR) is 157 cm³/mol. The molecule has 2 aliphatic carbocycles. The van der Waals surface area contributed by atoms with E-state index in [2.05, 4.69) is 88.3 Å². The van der Waals surface area contributed by atoms with E-state index in [-0.39, 0.29) is 24.8 Å². The van der Waals surface area contributed by atoms with E-state index >= 15 is 0 Å². The topological polar surface area (TPSA) is 0 Å². The fourth-order valence-corrected chi connectivity index (χ4v) is 37.0. The van der Waals surface area contributed by atoms with Crippen LogP contribution in [0.2, 0.25) is 14.3 Å². The second-order valence-corrected chi connectivity index (χ2v) is 46.2. The maximum atomic E-state index is 6.36. The standard InChI is InChI=1S/2C10H9.C3H6Cl3Si.C2H5.2ClH.H2Si.Zr/c2*1-8-6-9-4-2-3-5-10(9)7-8;1-2-3-7(4,5)6;1-2;;;;/h2*2-7H,1H3;1-3H2;1H2,2H3;2*1H;1H2;. The van der Waals surface area contributed by atoms with Crippen molar-refractivity contribution in [2.24, 2.45) is 0 Å². The van der Waals surface area contributed by atoms with Crippen molar-refractivity contribution in [3.05, 3.63) is 81.9 Å². The van der Waals surface area contributed by atoms with Crippen LogP contribution in [0.15, 0.2) is 59.7 Å². The van der Waals surface area contributed by atoms with Gasteiger partial charge in [0, 0.05) is 0 Å². The Morgan fingerprint density at radius 3 is 1.64 bits per heavy atom. The number of hydrogen-bond donors (Lipinski definition) is 0. The van der Waals surface area contributed by atoms with Gasteiger partial charge in [-0.2, -0.15) is 0 Å². The molecule has 2 aromatic carbocycles. The molecular weight excluding hydrogens is 625 g/mol. The summed E-state index contributed by atoms with van der Waals surface area (Å²) in [5.74, 6) is 0. The third kappa shape index (κ3) is 5.37. The number of hydrogen-bond acceptors (Lipinski definition) is 0. The molecule has 0 aliphatic heterocycles. The van der Waals surface area contributed by atoms with Gasteiger partial charge >= 0.3 is 206 Å². The first-order valence-corrected chi connectivity index (χ1v) is 28.7. The van der Waals surface area contributed by atoms with Gasteiger partial charge in [-0.25, -0.2) is 0 Å². The second-order valence-electron chi connectivity index (χ2n) is 9.86. The first-order valence-electron chi connectivity index (χ1n) is 11.2. The summed E-state index contributed by atoms with van der Waals surface area (Å²) in [5, 5.41) is 0. The molecule has 0 amide bonds. The van der Waals surface area contributed by atoms with Gasteiger partial charge in [0.05, 0.1) is 0 Å². The molecular formula is C25H33Cl5Si2Zr. The molecule has 0 saturated carbocycles. The summed E-state index contributed by atoms with van der Waals surface area (Å²) >= 11 is 15.5. The Hall–Kier alpha value is 0.687. The number of halogens is 5. The molecule has 0 heterocycles. The molecule has 2 unspecified atom stereocenters. The van der Waals surface area contributed by atoms with Crippen LogP contribution in [0.4, 0.5) is 0 Å². The SMILES string of the molecule is C[CH2][Zr](=[SiH2])([CH2]CC[Si](Cl)(Cl)Cl)([CH]1C(C)=Cc2ccccc21)[CH]1C(C)=Cc2ccccc21.Cl.Cl. The molecule has 0 radical (unpaired) electrons. The zero-order chi connectivity index (χ0) is 22.5. The fourth-order valence-electron chi connectivity index (χ4n) is 6.81. The Kier molecular flexibility index (Phi) is 9.95. The van der Waals surface area contributed by atoms with Crippen molar-refractivity contribution in [2.75, 3.05) is 0 Å². The summed E-state index contributed by atoms with van der Waals surface area (Å²) in [6, 6.07) is 16.2. The largest absolute Gasteiger partial charge is 0.147 e. The van der Waals surface area contributed by atoms with Crippen molar-refractivity contribution in [2.45, 2.75) is 48.7 Å². The van der Waals surface area contributed by atoms with Crippen molar-refractivity contribution in [3.63, 3.8) is 0 Å². The first kappa shape index (κ1) is 29.9. The van der Waals surface area contributed by atoms with Crippen LogP contribution >= 0.6 is 58.1 Å². The van der Waals surface area contributed by atoms with Crippen LogP contribution in [-0.2, 0) is 17.4 Å². The molecule has 8 heteroatoms. The molecule has 33 heavy (non-hydrogen) atoms. The third-order valence-corrected chi connectivity index (χ3v) is 40.5. The zero-order valence-corrected chi connectivity index (χ0v) is 28.2. The summed E-state index contributed by atoms with van der Waals surface area (Å²) in [6.45, 7) is 9.65. The van der Waals surface area contributed by atoms with Gasteiger partial charge in [-0.3, -0.25) is 0 Å². The van der Waals surface area contributed by atoms with Crippen molar-refractivity contribution in [1.82, 2.24) is 0 Å². The quantitative estimate of drug-likeness (QED) is 0.206. The van der Waals surface area contributed by atoms with Gasteiger partial charge in [0.2, 0.25) is 0 Å². The van der Waals surface area contributed by atoms with E-state index in [9.17, 15) is 0 Å². The second kappa shape index (κ2) is 11.0. The molecule has 0 saturated heterocycles. The van der Waals surface area contributed by atoms with Crippen molar-refractivity contribution >= 4 is 83.1 Å². The van der Waals surface area contributed by atoms with E-state index in [0.717, 1.165) is 12.5 Å². The maximum Gasteiger partial charge on any atom is -0.147 e. The van der Waals surface area contributed by atoms with Gasteiger partial charge in [0.1, 0.15) is 0 Å². The molecule has 0 nitrogen and oxygen atoms in total. The molecule has 0 aromatic heterocycles. The zero-order valence-electron chi connectivity index (χ0n) is 19.4. The van der Waals surface area contributed by atoms with Crippen molar-refractivity contribution in [1.29, 1.82) is 0 Å². The van der Waals surface area contributed by atoms with Gasteiger partial charge in [0.15, 0.2) is 0 Å². The van der Waals surface area contributed by atoms with Gasteiger partial charge < -0.3 is 0 Å². The normalized spacial score (nSPS) is 19.6. The fraction of sp³-hybridized carbons (Fsp3) is 0.360. The van der Waals surface area contributed by atoms with Gasteiger partial charge in [-0.15, -0.1) is 24.8 Å². The van der Waals surface area contributed by atoms with E-state index in [1.54, 1.807) is 22.3 Å². The monoisotopic (exact) mass is 654 g/mol. The van der Waals surface area contributed by atoms with Gasteiger partial charge in [0.25, 0.3) is 0 Å². The molecule has 0 bridgehead atoms. The Balaban J connectivity index is 0.00000193. The average Bonchev–Trinajstić information content (AvgIpc) is 3.23.